The predicted molar refractivity (Wildman–Crippen MR) is 400 cm³/mol. The molecule has 19 rings (SSSR count). The van der Waals surface area contributed by atoms with Crippen LogP contribution in [0.1, 0.15) is 25.0 Å². The summed E-state index contributed by atoms with van der Waals surface area (Å²) in [6.45, 7) is 4.68. The van der Waals surface area contributed by atoms with E-state index in [0.717, 1.165) is 100 Å². The van der Waals surface area contributed by atoms with Gasteiger partial charge in [0.15, 0.2) is 29.1 Å². The average Bonchev–Trinajstić information content (AvgIpc) is 1.57. The molecule has 0 saturated carbocycles. The van der Waals surface area contributed by atoms with E-state index in [0.29, 0.717) is 35.1 Å². The van der Waals surface area contributed by atoms with Crippen LogP contribution in [0.3, 0.4) is 0 Å². The fourth-order valence-corrected chi connectivity index (χ4v) is 15.7. The number of hydrogen-bond donors (Lipinski definition) is 0. The molecule has 0 aliphatic carbocycles. The van der Waals surface area contributed by atoms with Crippen LogP contribution in [0.2, 0.25) is 0 Å². The van der Waals surface area contributed by atoms with E-state index in [1.165, 1.54) is 43.1 Å². The summed E-state index contributed by atoms with van der Waals surface area (Å²) in [6.07, 6.45) is 0. The molecule has 0 unspecified atom stereocenters. The molecule has 6 heterocycles. The largest absolute Gasteiger partial charge is 0.310 e. The first-order valence-electron chi connectivity index (χ1n) is 33.0. The van der Waals surface area contributed by atoms with Gasteiger partial charge in [0.25, 0.3) is 0 Å². The van der Waals surface area contributed by atoms with Crippen LogP contribution >= 0.6 is 11.8 Å². The van der Waals surface area contributed by atoms with Gasteiger partial charge in [-0.05, 0) is 131 Å². The van der Waals surface area contributed by atoms with Crippen LogP contribution in [-0.2, 0) is 5.41 Å². The Morgan fingerprint density at radius 3 is 1.35 bits per heavy atom. The zero-order valence-corrected chi connectivity index (χ0v) is 54.2. The van der Waals surface area contributed by atoms with Crippen molar-refractivity contribution in [1.82, 2.24) is 39.0 Å². The lowest BCUT2D eigenvalue weighted by Crippen LogP contribution is -2.30. The molecule has 0 fully saturated rings. The molecule has 462 valence electrons. The molecule has 0 amide bonds. The maximum Gasteiger partial charge on any atom is 0.238 e. The molecule has 0 atom stereocenters. The quantitative estimate of drug-likeness (QED) is 0.133. The number of benzene rings is 13. The molecule has 2 aliphatic rings. The molecule has 0 bridgehead atoms. The van der Waals surface area contributed by atoms with Crippen molar-refractivity contribution in [3.8, 4) is 79.7 Å². The molecule has 11 heteroatoms. The van der Waals surface area contributed by atoms with Gasteiger partial charge in [0.2, 0.25) is 5.95 Å². The maximum absolute atomic E-state index is 5.33. The summed E-state index contributed by atoms with van der Waals surface area (Å²) in [7, 11) is 0. The minimum atomic E-state index is -0.399. The molecule has 10 nitrogen and oxygen atoms in total. The Labute approximate surface area is 570 Å². The predicted octanol–water partition coefficient (Wildman–Crippen LogP) is 22.3. The second-order valence-corrected chi connectivity index (χ2v) is 26.6. The second kappa shape index (κ2) is 22.8. The van der Waals surface area contributed by atoms with Gasteiger partial charge in [-0.1, -0.05) is 232 Å². The molecule has 0 saturated heterocycles. The van der Waals surface area contributed by atoms with Crippen LogP contribution in [0.15, 0.2) is 325 Å². The fraction of sp³-hybridized carbons (Fsp3) is 0.0345. The van der Waals surface area contributed by atoms with Crippen molar-refractivity contribution < 1.29 is 0 Å². The molecule has 0 N–H and O–H groups in total. The van der Waals surface area contributed by atoms with E-state index in [1.807, 2.05) is 66.4 Å². The van der Waals surface area contributed by atoms with Gasteiger partial charge in [-0.25, -0.2) is 19.9 Å². The van der Waals surface area contributed by atoms with Crippen LogP contribution in [0.5, 0.6) is 0 Å². The lowest BCUT2D eigenvalue weighted by Gasteiger charge is -2.42. The number of rotatable bonds is 10. The van der Waals surface area contributed by atoms with Crippen LogP contribution in [0.25, 0.3) is 123 Å². The van der Waals surface area contributed by atoms with E-state index < -0.39 is 5.41 Å². The van der Waals surface area contributed by atoms with E-state index in [4.69, 9.17) is 29.9 Å². The zero-order valence-electron chi connectivity index (χ0n) is 53.4. The highest BCUT2D eigenvalue weighted by atomic mass is 32.2. The van der Waals surface area contributed by atoms with Crippen LogP contribution < -0.4 is 9.80 Å². The molecule has 98 heavy (non-hydrogen) atoms. The summed E-state index contributed by atoms with van der Waals surface area (Å²) < 4.78 is 4.62. The lowest BCUT2D eigenvalue weighted by atomic mass is 9.73. The highest BCUT2D eigenvalue weighted by Crippen LogP contribution is 2.56. The minimum Gasteiger partial charge on any atom is -0.310 e. The van der Waals surface area contributed by atoms with Crippen molar-refractivity contribution in [2.24, 2.45) is 0 Å². The third kappa shape index (κ3) is 9.41. The van der Waals surface area contributed by atoms with Gasteiger partial charge in [-0.2, -0.15) is 9.97 Å². The highest BCUT2D eigenvalue weighted by molar-refractivity contribution is 7.99. The summed E-state index contributed by atoms with van der Waals surface area (Å²) in [5.74, 6) is 3.55. The first-order chi connectivity index (χ1) is 48.3. The van der Waals surface area contributed by atoms with Gasteiger partial charge in [0.1, 0.15) is 0 Å². The fourth-order valence-electron chi connectivity index (χ4n) is 14.7. The molecule has 4 aromatic heterocycles. The molecule has 2 aliphatic heterocycles. The van der Waals surface area contributed by atoms with Crippen LogP contribution in [0.4, 0.5) is 34.1 Å². The maximum atomic E-state index is 5.33. The molecule has 13 aromatic carbocycles. The Kier molecular flexibility index (Phi) is 13.3. The van der Waals surface area contributed by atoms with Crippen LogP contribution in [0, 0.1) is 0 Å². The van der Waals surface area contributed by atoms with Gasteiger partial charge in [0.05, 0.1) is 44.8 Å². The van der Waals surface area contributed by atoms with Crippen molar-refractivity contribution in [2.75, 3.05) is 9.80 Å². The Hall–Kier alpha value is -12.6. The number of para-hydroxylation sites is 5. The minimum absolute atomic E-state index is 0.399. The SMILES string of the molecule is CC1(C)c2ccccc2N(c2cccc(-c3cccc(-c4nc(-c5ccccc5)nc(-c5ccc(-n6c7ccccc7c7cc8c(cc76)Sc6ccccc6N8c6ccccc6)cc5)n4)c3)c2)c2cc3c4ccccc4n(-c4nc(-c5ccccc5)nc(-c5ccccc5)n4)c3cc21. The second-order valence-electron chi connectivity index (χ2n) is 25.5. The molecule has 17 aromatic rings. The van der Waals surface area contributed by atoms with Crippen molar-refractivity contribution >= 4 is 89.5 Å². The van der Waals surface area contributed by atoms with Crippen molar-refractivity contribution in [2.45, 2.75) is 29.1 Å². The number of nitrogens with zero attached hydrogens (tertiary/aromatic N) is 10. The number of hydrogen-bond acceptors (Lipinski definition) is 9. The van der Waals surface area contributed by atoms with Gasteiger partial charge < -0.3 is 14.4 Å². The monoisotopic (exact) mass is 1270 g/mol. The van der Waals surface area contributed by atoms with E-state index in [-0.39, 0.29) is 0 Å². The van der Waals surface area contributed by atoms with Gasteiger partial charge in [0, 0.05) is 81.6 Å². The standard InChI is InChI=1S/C87H58N10S/c1-87(2)69-39-17-20-42-73(69)96(77-51-67-66-38-16-19-41-72(66)97(75(67)53-70(77)87)86-92-83(56-27-9-4-10-28-56)91-84(93-86)57-29-11-5-12-30-57)64-36-24-32-60(50-64)59-31-23-33-61(49-59)85-89-81(55-25-7-3-8-26-55)88-82(90-85)58-45-47-63(48-46-58)94-71-40-18-15-37-65(71)68-52-78-80(54-76(68)94)98-79-44-22-21-43-74(79)95(78)62-34-13-6-14-35-62/h3-54H,1-2H3. The van der Waals surface area contributed by atoms with Crippen molar-refractivity contribution in [1.29, 1.82) is 0 Å². The van der Waals surface area contributed by atoms with E-state index in [1.54, 1.807) is 0 Å². The Morgan fingerprint density at radius 2 is 0.704 bits per heavy atom. The Balaban J connectivity index is 0.701. The van der Waals surface area contributed by atoms with Crippen molar-refractivity contribution in [3.05, 3.63) is 327 Å². The summed E-state index contributed by atoms with van der Waals surface area (Å²) in [6, 6.07) is 112. The molecular formula is C87H58N10S. The van der Waals surface area contributed by atoms with E-state index >= 15 is 0 Å². The Bertz CT molecular complexity index is 5950. The summed E-state index contributed by atoms with van der Waals surface area (Å²) in [5.41, 5.74) is 20.7. The smallest absolute Gasteiger partial charge is 0.238 e. The van der Waals surface area contributed by atoms with E-state index in [2.05, 4.69) is 294 Å². The summed E-state index contributed by atoms with van der Waals surface area (Å²) in [4.78, 5) is 38.7. The number of anilines is 6. The first-order valence-corrected chi connectivity index (χ1v) is 33.8. The average molecular weight is 1280 g/mol. The molecule has 0 spiro atoms. The normalized spacial score (nSPS) is 13.0. The number of aromatic nitrogens is 8. The van der Waals surface area contributed by atoms with Gasteiger partial charge >= 0.3 is 0 Å². The Morgan fingerprint density at radius 1 is 0.255 bits per heavy atom. The topological polar surface area (TPSA) is 93.7 Å². The third-order valence-corrected chi connectivity index (χ3v) is 20.5. The first kappa shape index (κ1) is 56.9. The van der Waals surface area contributed by atoms with Gasteiger partial charge in [-0.15, -0.1) is 0 Å². The third-order valence-electron chi connectivity index (χ3n) is 19.4. The lowest BCUT2D eigenvalue weighted by molar-refractivity contribution is 0.632. The van der Waals surface area contributed by atoms with Crippen LogP contribution in [-0.4, -0.2) is 39.0 Å². The number of fused-ring (bicyclic) bond motifs is 10. The van der Waals surface area contributed by atoms with Crippen molar-refractivity contribution in [3.63, 3.8) is 0 Å². The van der Waals surface area contributed by atoms with Gasteiger partial charge in [-0.3, -0.25) is 4.57 Å². The summed E-state index contributed by atoms with van der Waals surface area (Å²) in [5, 5.41) is 4.58. The molecule has 0 radical (unpaired) electrons. The zero-order chi connectivity index (χ0) is 65.0. The summed E-state index contributed by atoms with van der Waals surface area (Å²) >= 11 is 1.83. The molecular weight excluding hydrogens is 1220 g/mol. The van der Waals surface area contributed by atoms with E-state index in [9.17, 15) is 0 Å². The highest BCUT2D eigenvalue weighted by Gasteiger charge is 2.38.